The average Bonchev–Trinajstić information content (AvgIpc) is 2.48. The third-order valence-corrected chi connectivity index (χ3v) is 3.45. The number of anilines is 1. The number of aryl methyl sites for hydroxylation is 1. The Labute approximate surface area is 126 Å². The minimum Gasteiger partial charge on any atom is -0.494 e. The molecule has 0 saturated heterocycles. The highest BCUT2D eigenvalue weighted by molar-refractivity contribution is 5.61. The fraction of sp³-hybridized carbons (Fsp3) is 0.278. The minimum atomic E-state index is 0.120. The van der Waals surface area contributed by atoms with E-state index in [0.717, 1.165) is 22.6 Å². The highest BCUT2D eigenvalue weighted by atomic mass is 16.5. The van der Waals surface area contributed by atoms with Gasteiger partial charge in [0, 0.05) is 6.04 Å². The van der Waals surface area contributed by atoms with Crippen LogP contribution in [0.15, 0.2) is 42.5 Å². The van der Waals surface area contributed by atoms with Gasteiger partial charge in [-0.15, -0.1) is 0 Å². The predicted molar refractivity (Wildman–Crippen MR) is 85.5 cm³/mol. The van der Waals surface area contributed by atoms with Crippen LogP contribution in [0.4, 0.5) is 5.69 Å². The lowest BCUT2D eigenvalue weighted by molar-refractivity contribution is 0.340. The lowest BCUT2D eigenvalue weighted by Gasteiger charge is -2.18. The molecule has 0 bridgehead atoms. The average molecular weight is 280 g/mol. The van der Waals surface area contributed by atoms with Crippen LogP contribution >= 0.6 is 0 Å². The van der Waals surface area contributed by atoms with E-state index in [2.05, 4.69) is 18.3 Å². The van der Waals surface area contributed by atoms with Gasteiger partial charge in [0.15, 0.2) is 0 Å². The molecule has 0 amide bonds. The van der Waals surface area contributed by atoms with Gasteiger partial charge in [-0.3, -0.25) is 0 Å². The Morgan fingerprint density at radius 1 is 1.19 bits per heavy atom. The van der Waals surface area contributed by atoms with Crippen molar-refractivity contribution in [1.29, 1.82) is 5.26 Å². The van der Waals surface area contributed by atoms with Crippen molar-refractivity contribution in [3.63, 3.8) is 0 Å². The molecule has 21 heavy (non-hydrogen) atoms. The lowest BCUT2D eigenvalue weighted by Crippen LogP contribution is -2.08. The van der Waals surface area contributed by atoms with Crippen molar-refractivity contribution in [2.24, 2.45) is 0 Å². The maximum Gasteiger partial charge on any atom is 0.119 e. The van der Waals surface area contributed by atoms with Crippen LogP contribution in [0.5, 0.6) is 5.75 Å². The topological polar surface area (TPSA) is 45.0 Å². The second-order valence-electron chi connectivity index (χ2n) is 4.98. The van der Waals surface area contributed by atoms with E-state index < -0.39 is 0 Å². The molecule has 0 heterocycles. The first-order chi connectivity index (χ1) is 10.2. The summed E-state index contributed by atoms with van der Waals surface area (Å²) in [5.74, 6) is 0.877. The SMILES string of the molecule is CCOc1ccc(C(C)Nc2cccc(C)c2C#N)cc1. The van der Waals surface area contributed by atoms with E-state index in [4.69, 9.17) is 4.74 Å². The summed E-state index contributed by atoms with van der Waals surface area (Å²) in [6.45, 7) is 6.67. The first-order valence-corrected chi connectivity index (χ1v) is 7.14. The fourth-order valence-corrected chi connectivity index (χ4v) is 2.27. The summed E-state index contributed by atoms with van der Waals surface area (Å²) in [4.78, 5) is 0. The number of rotatable bonds is 5. The van der Waals surface area contributed by atoms with Crippen LogP contribution in [-0.2, 0) is 0 Å². The Bertz CT molecular complexity index is 641. The van der Waals surface area contributed by atoms with Crippen LogP contribution in [-0.4, -0.2) is 6.61 Å². The molecule has 0 aliphatic rings. The van der Waals surface area contributed by atoms with Gasteiger partial charge in [0.05, 0.1) is 17.9 Å². The molecular formula is C18H20N2O. The highest BCUT2D eigenvalue weighted by Gasteiger charge is 2.10. The standard InChI is InChI=1S/C18H20N2O/c1-4-21-16-10-8-15(9-11-16)14(3)20-18-7-5-6-13(2)17(18)12-19/h5-11,14,20H,4H2,1-3H3. The number of nitrogens with zero attached hydrogens (tertiary/aromatic N) is 1. The van der Waals surface area contributed by atoms with Gasteiger partial charge < -0.3 is 10.1 Å². The largest absolute Gasteiger partial charge is 0.494 e. The summed E-state index contributed by atoms with van der Waals surface area (Å²) in [5, 5.41) is 12.7. The van der Waals surface area contributed by atoms with Crippen LogP contribution < -0.4 is 10.1 Å². The van der Waals surface area contributed by atoms with Crippen molar-refractivity contribution in [3.8, 4) is 11.8 Å². The van der Waals surface area contributed by atoms with E-state index in [-0.39, 0.29) is 6.04 Å². The first-order valence-electron chi connectivity index (χ1n) is 7.14. The summed E-state index contributed by atoms with van der Waals surface area (Å²) >= 11 is 0. The molecule has 2 aromatic rings. The normalized spacial score (nSPS) is 11.5. The van der Waals surface area contributed by atoms with Gasteiger partial charge in [-0.2, -0.15) is 5.26 Å². The summed E-state index contributed by atoms with van der Waals surface area (Å²) < 4.78 is 5.45. The molecule has 3 heteroatoms. The zero-order chi connectivity index (χ0) is 15.2. The number of hydrogen-bond donors (Lipinski definition) is 1. The third kappa shape index (κ3) is 3.55. The molecular weight excluding hydrogens is 260 g/mol. The van der Waals surface area contributed by atoms with Gasteiger partial charge in [-0.05, 0) is 50.1 Å². The van der Waals surface area contributed by atoms with Crippen molar-refractivity contribution in [1.82, 2.24) is 0 Å². The summed E-state index contributed by atoms with van der Waals surface area (Å²) in [5.41, 5.74) is 3.72. The molecule has 108 valence electrons. The molecule has 0 saturated carbocycles. The maximum absolute atomic E-state index is 9.27. The molecule has 2 rings (SSSR count). The molecule has 0 aliphatic carbocycles. The third-order valence-electron chi connectivity index (χ3n) is 3.45. The molecule has 0 aromatic heterocycles. The monoisotopic (exact) mass is 280 g/mol. The minimum absolute atomic E-state index is 0.120. The number of ether oxygens (including phenoxy) is 1. The maximum atomic E-state index is 9.27. The fourth-order valence-electron chi connectivity index (χ4n) is 2.27. The first kappa shape index (κ1) is 14.9. The summed E-state index contributed by atoms with van der Waals surface area (Å²) in [7, 11) is 0. The molecule has 0 aliphatic heterocycles. The molecule has 0 spiro atoms. The van der Waals surface area contributed by atoms with Gasteiger partial charge >= 0.3 is 0 Å². The van der Waals surface area contributed by atoms with Crippen LogP contribution in [0.1, 0.15) is 36.6 Å². The van der Waals surface area contributed by atoms with E-state index in [0.29, 0.717) is 12.2 Å². The molecule has 1 unspecified atom stereocenters. The quantitative estimate of drug-likeness (QED) is 0.880. The predicted octanol–water partition coefficient (Wildman–Crippen LogP) is 4.44. The molecule has 1 N–H and O–H groups in total. The number of hydrogen-bond acceptors (Lipinski definition) is 3. The Kier molecular flexibility index (Phi) is 4.84. The van der Waals surface area contributed by atoms with E-state index in [1.165, 1.54) is 0 Å². The van der Waals surface area contributed by atoms with Gasteiger partial charge in [-0.1, -0.05) is 24.3 Å². The van der Waals surface area contributed by atoms with Gasteiger partial charge in [0.25, 0.3) is 0 Å². The Morgan fingerprint density at radius 2 is 1.90 bits per heavy atom. The zero-order valence-electron chi connectivity index (χ0n) is 12.7. The Hall–Kier alpha value is -2.47. The second-order valence-corrected chi connectivity index (χ2v) is 4.98. The summed E-state index contributed by atoms with van der Waals surface area (Å²) in [6.07, 6.45) is 0. The van der Waals surface area contributed by atoms with Crippen molar-refractivity contribution in [2.45, 2.75) is 26.8 Å². The molecule has 0 radical (unpaired) electrons. The van der Waals surface area contributed by atoms with Crippen molar-refractivity contribution in [2.75, 3.05) is 11.9 Å². The van der Waals surface area contributed by atoms with E-state index >= 15 is 0 Å². The Morgan fingerprint density at radius 3 is 2.52 bits per heavy atom. The lowest BCUT2D eigenvalue weighted by atomic mass is 10.0. The van der Waals surface area contributed by atoms with Crippen LogP contribution in [0.25, 0.3) is 0 Å². The van der Waals surface area contributed by atoms with Crippen LogP contribution in [0.3, 0.4) is 0 Å². The second kappa shape index (κ2) is 6.81. The van der Waals surface area contributed by atoms with Crippen molar-refractivity contribution >= 4 is 5.69 Å². The van der Waals surface area contributed by atoms with Crippen molar-refractivity contribution < 1.29 is 4.74 Å². The number of nitrogens with one attached hydrogen (secondary N) is 1. The van der Waals surface area contributed by atoms with E-state index in [1.54, 1.807) is 0 Å². The number of benzene rings is 2. The zero-order valence-corrected chi connectivity index (χ0v) is 12.7. The number of nitriles is 1. The Balaban J connectivity index is 2.16. The van der Waals surface area contributed by atoms with Gasteiger partial charge in [0.2, 0.25) is 0 Å². The highest BCUT2D eigenvalue weighted by Crippen LogP contribution is 2.25. The van der Waals surface area contributed by atoms with Crippen LogP contribution in [0, 0.1) is 18.3 Å². The summed E-state index contributed by atoms with van der Waals surface area (Å²) in [6, 6.07) is 16.3. The molecule has 1 atom stereocenters. The van der Waals surface area contributed by atoms with Crippen molar-refractivity contribution in [3.05, 3.63) is 59.2 Å². The molecule has 0 fully saturated rings. The smallest absolute Gasteiger partial charge is 0.119 e. The molecule has 3 nitrogen and oxygen atoms in total. The molecule has 2 aromatic carbocycles. The van der Waals surface area contributed by atoms with Crippen LogP contribution in [0.2, 0.25) is 0 Å². The van der Waals surface area contributed by atoms with E-state index in [9.17, 15) is 5.26 Å². The van der Waals surface area contributed by atoms with Gasteiger partial charge in [0.1, 0.15) is 11.8 Å². The van der Waals surface area contributed by atoms with E-state index in [1.807, 2.05) is 56.3 Å². The van der Waals surface area contributed by atoms with Gasteiger partial charge in [-0.25, -0.2) is 0 Å².